The van der Waals surface area contributed by atoms with Crippen molar-refractivity contribution in [2.75, 3.05) is 12.4 Å². The average molecular weight is 468 g/mol. The summed E-state index contributed by atoms with van der Waals surface area (Å²) in [6.45, 7) is 1.88. The zero-order valence-corrected chi connectivity index (χ0v) is 19.4. The van der Waals surface area contributed by atoms with Gasteiger partial charge in [-0.05, 0) is 60.4 Å². The summed E-state index contributed by atoms with van der Waals surface area (Å²) in [7, 11) is 1.54. The van der Waals surface area contributed by atoms with Crippen LogP contribution in [0.2, 0.25) is 0 Å². The number of benzene rings is 4. The van der Waals surface area contributed by atoms with E-state index >= 15 is 0 Å². The number of aryl methyl sites for hydroxylation is 1. The second-order valence-corrected chi connectivity index (χ2v) is 8.21. The Hall–Kier alpha value is -4.23. The number of fused-ring (bicyclic) bond motifs is 3. The number of hydrogen-bond donors (Lipinski definition) is 2. The number of thiocarbonyl (C=S) groups is 1. The van der Waals surface area contributed by atoms with Crippen LogP contribution in [0.1, 0.15) is 15.9 Å². The van der Waals surface area contributed by atoms with Crippen molar-refractivity contribution in [1.29, 1.82) is 0 Å². The van der Waals surface area contributed by atoms with Crippen molar-refractivity contribution in [2.45, 2.75) is 6.92 Å². The summed E-state index contributed by atoms with van der Waals surface area (Å²) in [5, 5.41) is 8.09. The van der Waals surface area contributed by atoms with E-state index in [0.717, 1.165) is 33.0 Å². The maximum atomic E-state index is 12.7. The number of nitrogens with zero attached hydrogens (tertiary/aromatic N) is 1. The van der Waals surface area contributed by atoms with E-state index in [0.29, 0.717) is 22.9 Å². The van der Waals surface area contributed by atoms with E-state index in [4.69, 9.17) is 26.4 Å². The van der Waals surface area contributed by atoms with Crippen LogP contribution in [-0.2, 0) is 0 Å². The van der Waals surface area contributed by atoms with E-state index in [9.17, 15) is 4.79 Å². The van der Waals surface area contributed by atoms with Crippen molar-refractivity contribution < 1.29 is 13.9 Å². The SMILES string of the molecule is COc1c(C)cccc1C(=O)NC(=S)Nc1cccc(-c2nc3c(ccc4ccccc43)o2)c1. The Morgan fingerprint density at radius 1 is 1.00 bits per heavy atom. The molecule has 0 bridgehead atoms. The summed E-state index contributed by atoms with van der Waals surface area (Å²) in [5.74, 6) is 0.683. The molecule has 2 N–H and O–H groups in total. The normalized spacial score (nSPS) is 10.9. The molecule has 0 fully saturated rings. The van der Waals surface area contributed by atoms with Crippen LogP contribution in [0.15, 0.2) is 83.3 Å². The van der Waals surface area contributed by atoms with Gasteiger partial charge in [0.25, 0.3) is 5.91 Å². The lowest BCUT2D eigenvalue weighted by molar-refractivity contribution is 0.0974. The summed E-state index contributed by atoms with van der Waals surface area (Å²) in [4.78, 5) is 17.5. The van der Waals surface area contributed by atoms with Crippen molar-refractivity contribution in [2.24, 2.45) is 0 Å². The maximum Gasteiger partial charge on any atom is 0.261 e. The molecule has 0 atom stereocenters. The number of carbonyl (C=O) groups is 1. The molecule has 5 rings (SSSR count). The standard InChI is InChI=1S/C27H21N3O3S/c1-16-7-5-12-21(24(16)32-2)25(31)30-27(34)28-19-10-6-9-18(15-19)26-29-23-20-11-4-3-8-17(20)13-14-22(23)33-26/h3-15H,1-2H3,(H2,28,30,31,34). The first-order chi connectivity index (χ1) is 16.5. The van der Waals surface area contributed by atoms with E-state index in [-0.39, 0.29) is 11.0 Å². The first kappa shape index (κ1) is 21.6. The number of hydrogen-bond acceptors (Lipinski definition) is 5. The highest BCUT2D eigenvalue weighted by Gasteiger charge is 2.16. The van der Waals surface area contributed by atoms with Crippen LogP contribution in [-0.4, -0.2) is 23.1 Å². The Kier molecular flexibility index (Phi) is 5.69. The number of methoxy groups -OCH3 is 1. The quantitative estimate of drug-likeness (QED) is 0.312. The average Bonchev–Trinajstić information content (AvgIpc) is 3.29. The van der Waals surface area contributed by atoms with Gasteiger partial charge in [0.15, 0.2) is 10.7 Å². The molecule has 4 aromatic carbocycles. The van der Waals surface area contributed by atoms with Gasteiger partial charge in [-0.3, -0.25) is 10.1 Å². The summed E-state index contributed by atoms with van der Waals surface area (Å²) < 4.78 is 11.4. The number of oxazole rings is 1. The van der Waals surface area contributed by atoms with Crippen LogP contribution in [0.5, 0.6) is 5.75 Å². The van der Waals surface area contributed by atoms with Crippen LogP contribution in [0.25, 0.3) is 33.3 Å². The van der Waals surface area contributed by atoms with Crippen molar-refractivity contribution in [3.05, 3.63) is 90.0 Å². The minimum atomic E-state index is -0.347. The molecule has 1 heterocycles. The number of rotatable bonds is 4. The van der Waals surface area contributed by atoms with Crippen LogP contribution in [0, 0.1) is 6.92 Å². The van der Waals surface area contributed by atoms with Gasteiger partial charge in [-0.2, -0.15) is 0 Å². The molecule has 0 radical (unpaired) electrons. The highest BCUT2D eigenvalue weighted by atomic mass is 32.1. The number of ether oxygens (including phenoxy) is 1. The fourth-order valence-corrected chi connectivity index (χ4v) is 4.16. The summed E-state index contributed by atoms with van der Waals surface area (Å²) in [6.07, 6.45) is 0. The van der Waals surface area contributed by atoms with Crippen LogP contribution in [0.4, 0.5) is 5.69 Å². The molecule has 1 aromatic heterocycles. The number of amides is 1. The number of carbonyl (C=O) groups excluding carboxylic acids is 1. The topological polar surface area (TPSA) is 76.4 Å². The van der Waals surface area contributed by atoms with Crippen LogP contribution in [0.3, 0.4) is 0 Å². The van der Waals surface area contributed by atoms with Crippen LogP contribution >= 0.6 is 12.2 Å². The van der Waals surface area contributed by atoms with Gasteiger partial charge in [0.2, 0.25) is 5.89 Å². The van der Waals surface area contributed by atoms with Crippen molar-refractivity contribution in [3.8, 4) is 17.2 Å². The predicted octanol–water partition coefficient (Wildman–Crippen LogP) is 6.09. The van der Waals surface area contributed by atoms with Gasteiger partial charge in [-0.25, -0.2) is 4.98 Å². The molecule has 0 aliphatic rings. The predicted molar refractivity (Wildman–Crippen MR) is 138 cm³/mol. The smallest absolute Gasteiger partial charge is 0.261 e. The van der Waals surface area contributed by atoms with Gasteiger partial charge in [0.1, 0.15) is 11.3 Å². The van der Waals surface area contributed by atoms with E-state index in [1.165, 1.54) is 7.11 Å². The fourth-order valence-electron chi connectivity index (χ4n) is 3.95. The molecule has 34 heavy (non-hydrogen) atoms. The minimum absolute atomic E-state index is 0.175. The zero-order valence-electron chi connectivity index (χ0n) is 18.6. The molecule has 0 saturated carbocycles. The molecule has 6 nitrogen and oxygen atoms in total. The number of anilines is 1. The zero-order chi connectivity index (χ0) is 23.7. The third-order valence-corrected chi connectivity index (χ3v) is 5.74. The monoisotopic (exact) mass is 467 g/mol. The molecule has 1 amide bonds. The number of nitrogens with one attached hydrogen (secondary N) is 2. The van der Waals surface area contributed by atoms with Crippen molar-refractivity contribution in [3.63, 3.8) is 0 Å². The largest absolute Gasteiger partial charge is 0.496 e. The Morgan fingerprint density at radius 2 is 1.82 bits per heavy atom. The van der Waals surface area contributed by atoms with E-state index < -0.39 is 0 Å². The highest BCUT2D eigenvalue weighted by Crippen LogP contribution is 2.30. The first-order valence-corrected chi connectivity index (χ1v) is 11.1. The molecule has 7 heteroatoms. The molecular weight excluding hydrogens is 446 g/mol. The first-order valence-electron chi connectivity index (χ1n) is 10.7. The van der Waals surface area contributed by atoms with Crippen molar-refractivity contribution >= 4 is 50.8 Å². The Morgan fingerprint density at radius 3 is 2.68 bits per heavy atom. The van der Waals surface area contributed by atoms with E-state index in [2.05, 4.69) is 16.7 Å². The van der Waals surface area contributed by atoms with Gasteiger partial charge >= 0.3 is 0 Å². The number of para-hydroxylation sites is 1. The Bertz CT molecular complexity index is 1560. The lowest BCUT2D eigenvalue weighted by Crippen LogP contribution is -2.34. The van der Waals surface area contributed by atoms with E-state index in [1.54, 1.807) is 12.1 Å². The highest BCUT2D eigenvalue weighted by molar-refractivity contribution is 7.80. The summed E-state index contributed by atoms with van der Waals surface area (Å²) >= 11 is 5.37. The van der Waals surface area contributed by atoms with Gasteiger partial charge in [0.05, 0.1) is 12.7 Å². The molecule has 0 unspecified atom stereocenters. The van der Waals surface area contributed by atoms with E-state index in [1.807, 2.05) is 67.6 Å². The lowest BCUT2D eigenvalue weighted by atomic mass is 10.1. The van der Waals surface area contributed by atoms with Gasteiger partial charge < -0.3 is 14.5 Å². The fraction of sp³-hybridized carbons (Fsp3) is 0.0741. The molecule has 0 aliphatic carbocycles. The Labute approximate surface area is 201 Å². The van der Waals surface area contributed by atoms with Gasteiger partial charge in [0, 0.05) is 16.6 Å². The lowest BCUT2D eigenvalue weighted by Gasteiger charge is -2.13. The molecule has 0 aliphatic heterocycles. The van der Waals surface area contributed by atoms with Crippen molar-refractivity contribution in [1.82, 2.24) is 10.3 Å². The third-order valence-electron chi connectivity index (χ3n) is 5.54. The second-order valence-electron chi connectivity index (χ2n) is 7.80. The van der Waals surface area contributed by atoms with Gasteiger partial charge in [-0.15, -0.1) is 0 Å². The molecule has 0 saturated heterocycles. The van der Waals surface area contributed by atoms with Crippen LogP contribution < -0.4 is 15.4 Å². The summed E-state index contributed by atoms with van der Waals surface area (Å²) in [5.41, 5.74) is 4.32. The second kappa shape index (κ2) is 8.96. The molecule has 0 spiro atoms. The van der Waals surface area contributed by atoms with Gasteiger partial charge in [-0.1, -0.05) is 48.5 Å². The Balaban J connectivity index is 1.36. The molecule has 168 valence electrons. The maximum absolute atomic E-state index is 12.7. The molecular formula is C27H21N3O3S. The molecule has 5 aromatic rings. The third kappa shape index (κ3) is 4.09. The minimum Gasteiger partial charge on any atom is -0.496 e. The summed E-state index contributed by atoms with van der Waals surface area (Å²) in [6, 6.07) is 24.9. The number of aromatic nitrogens is 1.